The molecule has 144 valence electrons. The zero-order chi connectivity index (χ0) is 19.1. The van der Waals surface area contributed by atoms with Gasteiger partial charge in [0, 0.05) is 6.04 Å². The Morgan fingerprint density at radius 1 is 1.19 bits per heavy atom. The van der Waals surface area contributed by atoms with Crippen molar-refractivity contribution >= 4 is 12.0 Å². The Kier molecular flexibility index (Phi) is 7.45. The molecular weight excluding hydrogens is 330 g/mol. The first-order chi connectivity index (χ1) is 12.4. The summed E-state index contributed by atoms with van der Waals surface area (Å²) in [4.78, 5) is 26.7. The van der Waals surface area contributed by atoms with Crippen molar-refractivity contribution in [1.29, 1.82) is 0 Å². The van der Waals surface area contributed by atoms with Crippen molar-refractivity contribution in [3.05, 3.63) is 35.9 Å². The number of nitrogens with one attached hydrogen (secondary N) is 1. The zero-order valence-corrected chi connectivity index (χ0v) is 16.0. The van der Waals surface area contributed by atoms with Gasteiger partial charge in [0.15, 0.2) is 0 Å². The first kappa shape index (κ1) is 20.2. The standard InChI is InChI=1S/C20H31N3O3/c1-14(2)23(19(24)15(3)21)18-12-8-7-11-17(18)22-20(25)26-13-16-9-5-4-6-10-16/h4-6,9-10,14-15,17-18H,7-8,11-13,21H2,1-3H3,(H,22,25)/t15-,17-,18-/m0/s1. The second-order valence-electron chi connectivity index (χ2n) is 7.29. The van der Waals surface area contributed by atoms with Crippen molar-refractivity contribution in [3.63, 3.8) is 0 Å². The lowest BCUT2D eigenvalue weighted by Crippen LogP contribution is -2.59. The zero-order valence-electron chi connectivity index (χ0n) is 16.0. The fourth-order valence-corrected chi connectivity index (χ4v) is 3.56. The molecule has 26 heavy (non-hydrogen) atoms. The highest BCUT2D eigenvalue weighted by Gasteiger charge is 2.36. The molecule has 0 radical (unpaired) electrons. The lowest BCUT2D eigenvalue weighted by molar-refractivity contribution is -0.138. The van der Waals surface area contributed by atoms with E-state index in [1.54, 1.807) is 6.92 Å². The predicted octanol–water partition coefficient (Wildman–Crippen LogP) is 2.81. The molecule has 1 aliphatic rings. The molecule has 0 aliphatic heterocycles. The fourth-order valence-electron chi connectivity index (χ4n) is 3.56. The molecule has 1 aromatic carbocycles. The molecule has 0 bridgehead atoms. The van der Waals surface area contributed by atoms with Gasteiger partial charge in [-0.2, -0.15) is 0 Å². The first-order valence-electron chi connectivity index (χ1n) is 9.45. The quantitative estimate of drug-likeness (QED) is 0.816. The van der Waals surface area contributed by atoms with Crippen LogP contribution in [0.4, 0.5) is 4.79 Å². The number of carbonyl (C=O) groups is 2. The normalized spacial score (nSPS) is 21.1. The molecule has 0 heterocycles. The van der Waals surface area contributed by atoms with Gasteiger partial charge in [-0.1, -0.05) is 43.2 Å². The van der Waals surface area contributed by atoms with Crippen LogP contribution < -0.4 is 11.1 Å². The fraction of sp³-hybridized carbons (Fsp3) is 0.600. The Morgan fingerprint density at radius 2 is 1.85 bits per heavy atom. The summed E-state index contributed by atoms with van der Waals surface area (Å²) < 4.78 is 5.35. The van der Waals surface area contributed by atoms with Gasteiger partial charge in [0.05, 0.1) is 18.1 Å². The number of benzene rings is 1. The van der Waals surface area contributed by atoms with Crippen LogP contribution in [0.1, 0.15) is 52.0 Å². The third kappa shape index (κ3) is 5.46. The van der Waals surface area contributed by atoms with Crippen molar-refractivity contribution in [3.8, 4) is 0 Å². The number of nitrogens with zero attached hydrogens (tertiary/aromatic N) is 1. The van der Waals surface area contributed by atoms with Crippen LogP contribution in [0.3, 0.4) is 0 Å². The minimum Gasteiger partial charge on any atom is -0.445 e. The highest BCUT2D eigenvalue weighted by Crippen LogP contribution is 2.25. The molecule has 0 unspecified atom stereocenters. The number of ether oxygens (including phenoxy) is 1. The van der Waals surface area contributed by atoms with Gasteiger partial charge in [-0.3, -0.25) is 4.79 Å². The SMILES string of the molecule is CC(C)N(C(=O)[C@H](C)N)[C@H]1CCCC[C@@H]1NC(=O)OCc1ccccc1. The summed E-state index contributed by atoms with van der Waals surface area (Å²) in [5.74, 6) is -0.0728. The third-order valence-electron chi connectivity index (χ3n) is 4.80. The van der Waals surface area contributed by atoms with Crippen LogP contribution in [0.15, 0.2) is 30.3 Å². The minimum absolute atomic E-state index is 0.0289. The van der Waals surface area contributed by atoms with Crippen LogP contribution in [0.25, 0.3) is 0 Å². The van der Waals surface area contributed by atoms with Crippen molar-refractivity contribution in [2.75, 3.05) is 0 Å². The second kappa shape index (κ2) is 9.57. The summed E-state index contributed by atoms with van der Waals surface area (Å²) in [5, 5.41) is 2.97. The Labute approximate surface area is 156 Å². The van der Waals surface area contributed by atoms with Crippen LogP contribution >= 0.6 is 0 Å². The van der Waals surface area contributed by atoms with Crippen LogP contribution in [0.2, 0.25) is 0 Å². The highest BCUT2D eigenvalue weighted by atomic mass is 16.5. The van der Waals surface area contributed by atoms with Crippen LogP contribution in [0.5, 0.6) is 0 Å². The predicted molar refractivity (Wildman–Crippen MR) is 101 cm³/mol. The molecule has 1 aromatic rings. The number of hydrogen-bond acceptors (Lipinski definition) is 4. The van der Waals surface area contributed by atoms with E-state index < -0.39 is 12.1 Å². The summed E-state index contributed by atoms with van der Waals surface area (Å²) >= 11 is 0. The van der Waals surface area contributed by atoms with Crippen molar-refractivity contribution in [2.45, 2.75) is 77.2 Å². The largest absolute Gasteiger partial charge is 0.445 e. The van der Waals surface area contributed by atoms with E-state index in [1.165, 1.54) is 0 Å². The molecule has 1 aliphatic carbocycles. The van der Waals surface area contributed by atoms with Gasteiger partial charge in [-0.25, -0.2) is 4.79 Å². The molecule has 0 aromatic heterocycles. The number of alkyl carbamates (subject to hydrolysis) is 1. The van der Waals surface area contributed by atoms with E-state index in [-0.39, 0.29) is 30.6 Å². The molecule has 2 rings (SSSR count). The van der Waals surface area contributed by atoms with E-state index in [1.807, 2.05) is 49.1 Å². The number of rotatable bonds is 6. The van der Waals surface area contributed by atoms with E-state index in [0.717, 1.165) is 31.2 Å². The Balaban J connectivity index is 2.00. The Bertz CT molecular complexity index is 589. The number of carbonyl (C=O) groups excluding carboxylic acids is 2. The van der Waals surface area contributed by atoms with E-state index >= 15 is 0 Å². The highest BCUT2D eigenvalue weighted by molar-refractivity contribution is 5.82. The monoisotopic (exact) mass is 361 g/mol. The lowest BCUT2D eigenvalue weighted by Gasteiger charge is -2.43. The van der Waals surface area contributed by atoms with Crippen LogP contribution in [-0.2, 0) is 16.1 Å². The average Bonchev–Trinajstić information content (AvgIpc) is 2.62. The minimum atomic E-state index is -0.551. The van der Waals surface area contributed by atoms with E-state index in [0.29, 0.717) is 0 Å². The summed E-state index contributed by atoms with van der Waals surface area (Å²) in [7, 11) is 0. The van der Waals surface area contributed by atoms with Crippen molar-refractivity contribution < 1.29 is 14.3 Å². The van der Waals surface area contributed by atoms with Gasteiger partial charge >= 0.3 is 6.09 Å². The lowest BCUT2D eigenvalue weighted by atomic mass is 9.88. The molecule has 3 N–H and O–H groups in total. The van der Waals surface area contributed by atoms with Gasteiger partial charge in [0.2, 0.25) is 5.91 Å². The first-order valence-corrected chi connectivity index (χ1v) is 9.45. The smallest absolute Gasteiger partial charge is 0.407 e. The number of nitrogens with two attached hydrogens (primary N) is 1. The maximum Gasteiger partial charge on any atom is 0.407 e. The molecule has 0 saturated heterocycles. The molecule has 6 heteroatoms. The topological polar surface area (TPSA) is 84.7 Å². The summed E-state index contributed by atoms with van der Waals surface area (Å²) in [6, 6.07) is 8.89. The third-order valence-corrected chi connectivity index (χ3v) is 4.80. The van der Waals surface area contributed by atoms with Crippen LogP contribution in [-0.4, -0.2) is 41.1 Å². The van der Waals surface area contributed by atoms with Gasteiger partial charge in [-0.05, 0) is 39.2 Å². The van der Waals surface area contributed by atoms with E-state index in [9.17, 15) is 9.59 Å². The second-order valence-corrected chi connectivity index (χ2v) is 7.29. The van der Waals surface area contributed by atoms with Gasteiger partial charge in [0.25, 0.3) is 0 Å². The molecule has 3 atom stereocenters. The van der Waals surface area contributed by atoms with Crippen LogP contribution in [0, 0.1) is 0 Å². The molecule has 0 spiro atoms. The Hall–Kier alpha value is -2.08. The molecule has 6 nitrogen and oxygen atoms in total. The van der Waals surface area contributed by atoms with E-state index in [2.05, 4.69) is 5.32 Å². The summed E-state index contributed by atoms with van der Waals surface area (Å²) in [6.45, 7) is 5.91. The van der Waals surface area contributed by atoms with Gasteiger partial charge in [-0.15, -0.1) is 0 Å². The molecular formula is C20H31N3O3. The van der Waals surface area contributed by atoms with E-state index in [4.69, 9.17) is 10.5 Å². The maximum atomic E-state index is 12.6. The maximum absolute atomic E-state index is 12.6. The van der Waals surface area contributed by atoms with Gasteiger partial charge in [0.1, 0.15) is 6.61 Å². The molecule has 2 amide bonds. The summed E-state index contributed by atoms with van der Waals surface area (Å²) in [6.07, 6.45) is 3.32. The molecule has 1 fully saturated rings. The molecule has 1 saturated carbocycles. The number of amides is 2. The van der Waals surface area contributed by atoms with Crippen molar-refractivity contribution in [1.82, 2.24) is 10.2 Å². The van der Waals surface area contributed by atoms with Crippen molar-refractivity contribution in [2.24, 2.45) is 5.73 Å². The Morgan fingerprint density at radius 3 is 2.46 bits per heavy atom. The van der Waals surface area contributed by atoms with Gasteiger partial charge < -0.3 is 20.7 Å². The average molecular weight is 361 g/mol. The summed E-state index contributed by atoms with van der Waals surface area (Å²) in [5.41, 5.74) is 6.78. The number of hydrogen-bond donors (Lipinski definition) is 2.